The van der Waals surface area contributed by atoms with E-state index >= 15 is 0 Å². The Kier molecular flexibility index (Phi) is 6.78. The lowest BCUT2D eigenvalue weighted by Crippen LogP contribution is -2.40. The van der Waals surface area contributed by atoms with E-state index in [1.807, 2.05) is 23.6 Å². The summed E-state index contributed by atoms with van der Waals surface area (Å²) in [5.41, 5.74) is 2.75. The highest BCUT2D eigenvalue weighted by Gasteiger charge is 2.28. The largest absolute Gasteiger partial charge is 0.393 e. The number of fused-ring (bicyclic) bond motifs is 1. The average molecular weight is 465 g/mol. The molecule has 1 unspecified atom stereocenters. The van der Waals surface area contributed by atoms with Crippen molar-refractivity contribution in [3.8, 4) is 0 Å². The van der Waals surface area contributed by atoms with Crippen LogP contribution in [0.4, 0.5) is 5.82 Å². The molecule has 1 aromatic carbocycles. The summed E-state index contributed by atoms with van der Waals surface area (Å²) in [6, 6.07) is 11.0. The zero-order chi connectivity index (χ0) is 24.6. The molecule has 0 amide bonds. The molecule has 1 saturated heterocycles. The minimum atomic E-state index is -0.943. The molecule has 0 aliphatic carbocycles. The number of rotatable bonds is 7. The maximum Gasteiger partial charge on any atom is 0.168 e. The predicted molar refractivity (Wildman–Crippen MR) is 133 cm³/mol. The molecule has 2 aromatic heterocycles. The average Bonchev–Trinajstić information content (AvgIpc) is 3.17. The minimum Gasteiger partial charge on any atom is -0.393 e. The number of aliphatic hydroxyl groups is 2. The maximum absolute atomic E-state index is 13.0. The third kappa shape index (κ3) is 5.15. The van der Waals surface area contributed by atoms with Crippen molar-refractivity contribution >= 4 is 17.2 Å². The lowest BCUT2D eigenvalue weighted by Gasteiger charge is -2.36. The number of anilines is 1. The molecule has 0 saturated carbocycles. The number of aliphatic hydroxyl groups excluding tert-OH is 1. The summed E-state index contributed by atoms with van der Waals surface area (Å²) in [5, 5.41) is 25.3. The normalized spacial score (nSPS) is 16.4. The Hall–Kier alpha value is -2.77. The van der Waals surface area contributed by atoms with E-state index in [1.165, 1.54) is 0 Å². The van der Waals surface area contributed by atoms with Gasteiger partial charge in [0.15, 0.2) is 11.4 Å². The van der Waals surface area contributed by atoms with E-state index in [4.69, 9.17) is 4.98 Å². The number of ketones is 1. The second kappa shape index (κ2) is 9.47. The Morgan fingerprint density at radius 3 is 2.38 bits per heavy atom. The molecule has 7 heteroatoms. The van der Waals surface area contributed by atoms with Crippen molar-refractivity contribution in [2.75, 3.05) is 18.0 Å². The van der Waals surface area contributed by atoms with Gasteiger partial charge in [-0.25, -0.2) is 4.98 Å². The summed E-state index contributed by atoms with van der Waals surface area (Å²) in [5.74, 6) is 1.49. The fraction of sp³-hybridized carbons (Fsp3) is 0.519. The molecule has 34 heavy (non-hydrogen) atoms. The minimum absolute atomic E-state index is 0.0138. The van der Waals surface area contributed by atoms with Gasteiger partial charge in [-0.15, -0.1) is 0 Å². The topological polar surface area (TPSA) is 91.0 Å². The molecule has 1 atom stereocenters. The summed E-state index contributed by atoms with van der Waals surface area (Å²) in [7, 11) is 0. The summed E-state index contributed by atoms with van der Waals surface area (Å²) in [4.78, 5) is 20.0. The van der Waals surface area contributed by atoms with E-state index < -0.39 is 5.60 Å². The molecule has 182 valence electrons. The summed E-state index contributed by atoms with van der Waals surface area (Å²) >= 11 is 0. The summed E-state index contributed by atoms with van der Waals surface area (Å²) in [6.07, 6.45) is 1.76. The van der Waals surface area contributed by atoms with Gasteiger partial charge in [-0.3, -0.25) is 4.79 Å². The number of aryl methyl sites for hydroxylation is 1. The Morgan fingerprint density at radius 1 is 1.15 bits per heavy atom. The molecule has 0 bridgehead atoms. The number of carbonyl (C=O) groups excluding carboxylic acids is 1. The number of hydrogen-bond donors (Lipinski definition) is 2. The van der Waals surface area contributed by atoms with Gasteiger partial charge in [-0.2, -0.15) is 9.61 Å². The Labute approximate surface area is 201 Å². The van der Waals surface area contributed by atoms with Crippen molar-refractivity contribution in [1.29, 1.82) is 0 Å². The van der Waals surface area contributed by atoms with Crippen molar-refractivity contribution in [2.24, 2.45) is 11.8 Å². The second-order valence-corrected chi connectivity index (χ2v) is 10.5. The highest BCUT2D eigenvalue weighted by atomic mass is 16.3. The molecule has 3 heterocycles. The first-order valence-corrected chi connectivity index (χ1v) is 12.2. The quantitative estimate of drug-likeness (QED) is 0.515. The molecule has 1 fully saturated rings. The van der Waals surface area contributed by atoms with Crippen LogP contribution in [0.1, 0.15) is 67.8 Å². The third-order valence-corrected chi connectivity index (χ3v) is 6.87. The third-order valence-electron chi connectivity index (χ3n) is 6.87. The SMILES string of the molecule is Cc1cc2nc(CC(=O)c3ccc(C(C)(C)O)cc3)cc(N3CCC(C(O)C(C)C)CC3)n2n1. The fourth-order valence-electron chi connectivity index (χ4n) is 4.78. The van der Waals surface area contributed by atoms with E-state index in [-0.39, 0.29) is 24.2 Å². The van der Waals surface area contributed by atoms with Crippen LogP contribution in [-0.4, -0.2) is 49.8 Å². The van der Waals surface area contributed by atoms with E-state index in [0.717, 1.165) is 48.7 Å². The lowest BCUT2D eigenvalue weighted by molar-refractivity contribution is 0.0525. The summed E-state index contributed by atoms with van der Waals surface area (Å²) in [6.45, 7) is 11.2. The van der Waals surface area contributed by atoms with Gasteiger partial charge in [-0.1, -0.05) is 38.1 Å². The van der Waals surface area contributed by atoms with Crippen molar-refractivity contribution < 1.29 is 15.0 Å². The van der Waals surface area contributed by atoms with Gasteiger partial charge in [0.2, 0.25) is 0 Å². The van der Waals surface area contributed by atoms with Crippen molar-refractivity contribution in [2.45, 2.75) is 65.6 Å². The molecular formula is C27H36N4O3. The van der Waals surface area contributed by atoms with Crippen LogP contribution in [0.2, 0.25) is 0 Å². The van der Waals surface area contributed by atoms with Crippen LogP contribution in [0, 0.1) is 18.8 Å². The van der Waals surface area contributed by atoms with Crippen LogP contribution >= 0.6 is 0 Å². The first-order valence-electron chi connectivity index (χ1n) is 12.2. The Bertz CT molecular complexity index is 1150. The van der Waals surface area contributed by atoms with Crippen molar-refractivity contribution in [1.82, 2.24) is 14.6 Å². The van der Waals surface area contributed by atoms with Crippen LogP contribution in [0.15, 0.2) is 36.4 Å². The van der Waals surface area contributed by atoms with E-state index in [1.54, 1.807) is 38.1 Å². The smallest absolute Gasteiger partial charge is 0.168 e. The zero-order valence-corrected chi connectivity index (χ0v) is 20.8. The molecule has 1 aliphatic heterocycles. The molecule has 3 aromatic rings. The molecule has 0 radical (unpaired) electrons. The van der Waals surface area contributed by atoms with Gasteiger partial charge < -0.3 is 15.1 Å². The van der Waals surface area contributed by atoms with Crippen LogP contribution in [0.3, 0.4) is 0 Å². The van der Waals surface area contributed by atoms with E-state index in [2.05, 4.69) is 23.8 Å². The van der Waals surface area contributed by atoms with Gasteiger partial charge in [0.25, 0.3) is 0 Å². The first-order chi connectivity index (χ1) is 16.0. The van der Waals surface area contributed by atoms with Crippen LogP contribution in [0.25, 0.3) is 5.65 Å². The van der Waals surface area contributed by atoms with Gasteiger partial charge in [0.1, 0.15) is 5.82 Å². The van der Waals surface area contributed by atoms with Crippen molar-refractivity contribution in [3.05, 3.63) is 58.9 Å². The number of aromatic nitrogens is 3. The highest BCUT2D eigenvalue weighted by Crippen LogP contribution is 2.29. The predicted octanol–water partition coefficient (Wildman–Crippen LogP) is 3.92. The first kappa shape index (κ1) is 24.4. The van der Waals surface area contributed by atoms with Crippen LogP contribution in [0.5, 0.6) is 0 Å². The standard InChI is InChI=1S/C27H36N4O3/c1-17(2)26(33)20-10-12-30(13-11-20)25-16-22(28-24-14-18(3)29-31(24)25)15-23(32)19-6-8-21(9-7-19)27(4,5)34/h6-9,14,16-17,20,26,33-34H,10-13,15H2,1-5H3. The van der Waals surface area contributed by atoms with E-state index in [9.17, 15) is 15.0 Å². The van der Waals surface area contributed by atoms with Crippen LogP contribution < -0.4 is 4.90 Å². The van der Waals surface area contributed by atoms with Gasteiger partial charge in [-0.05, 0) is 51.0 Å². The fourth-order valence-corrected chi connectivity index (χ4v) is 4.78. The van der Waals surface area contributed by atoms with Crippen molar-refractivity contribution in [3.63, 3.8) is 0 Å². The Balaban J connectivity index is 1.56. The Morgan fingerprint density at radius 2 is 1.79 bits per heavy atom. The molecule has 1 aliphatic rings. The number of nitrogens with zero attached hydrogens (tertiary/aromatic N) is 4. The molecule has 4 rings (SSSR count). The van der Waals surface area contributed by atoms with E-state index in [0.29, 0.717) is 17.2 Å². The van der Waals surface area contributed by atoms with Crippen LogP contribution in [-0.2, 0) is 12.0 Å². The maximum atomic E-state index is 13.0. The molecule has 0 spiro atoms. The molecule has 7 nitrogen and oxygen atoms in total. The second-order valence-electron chi connectivity index (χ2n) is 10.5. The number of carbonyl (C=O) groups is 1. The number of hydrogen-bond acceptors (Lipinski definition) is 6. The monoisotopic (exact) mass is 464 g/mol. The van der Waals surface area contributed by atoms with Gasteiger partial charge >= 0.3 is 0 Å². The van der Waals surface area contributed by atoms with Gasteiger partial charge in [0, 0.05) is 30.8 Å². The van der Waals surface area contributed by atoms with Gasteiger partial charge in [0.05, 0.1) is 29.5 Å². The molecular weight excluding hydrogens is 428 g/mol. The summed E-state index contributed by atoms with van der Waals surface area (Å²) < 4.78 is 1.86. The lowest BCUT2D eigenvalue weighted by atomic mass is 9.86. The number of Topliss-reactive ketones (excluding diaryl/α,β-unsaturated/α-hetero) is 1. The molecule has 2 N–H and O–H groups in total. The number of piperidine rings is 1. The zero-order valence-electron chi connectivity index (χ0n) is 20.8. The number of benzene rings is 1. The highest BCUT2D eigenvalue weighted by molar-refractivity contribution is 5.97.